The first kappa shape index (κ1) is 10.9. The third kappa shape index (κ3) is 2.61. The molecule has 0 aromatic rings. The average molecular weight is 202 g/mol. The molecule has 1 amide bonds. The molecular weight excluding hydrogens is 184 g/mol. The van der Waals surface area contributed by atoms with Gasteiger partial charge in [0.1, 0.15) is 0 Å². The monoisotopic (exact) mass is 202 g/mol. The molecule has 0 radical (unpaired) electrons. The summed E-state index contributed by atoms with van der Waals surface area (Å²) in [5, 5.41) is 0.414. The fourth-order valence-corrected chi connectivity index (χ4v) is 2.34. The number of carbonyl (C=O) groups excluding carboxylic acids is 1. The molecule has 13 heavy (non-hydrogen) atoms. The smallest absolute Gasteiger partial charge is 0.233 e. The van der Waals surface area contributed by atoms with Gasteiger partial charge in [-0.05, 0) is 20.8 Å². The highest BCUT2D eigenvalue weighted by Gasteiger charge is 2.32. The summed E-state index contributed by atoms with van der Waals surface area (Å²) in [5.74, 6) is 0.821. The van der Waals surface area contributed by atoms with Crippen LogP contribution in [0, 0.1) is 0 Å². The summed E-state index contributed by atoms with van der Waals surface area (Å²) in [4.78, 5) is 13.5. The maximum Gasteiger partial charge on any atom is 0.233 e. The Balaban J connectivity index is 2.66. The minimum Gasteiger partial charge on any atom is -0.336 e. The fourth-order valence-electron chi connectivity index (χ4n) is 1.42. The van der Waals surface area contributed by atoms with Gasteiger partial charge in [-0.2, -0.15) is 0 Å². The van der Waals surface area contributed by atoms with Crippen molar-refractivity contribution < 1.29 is 4.79 Å². The quantitative estimate of drug-likeness (QED) is 0.680. The maximum absolute atomic E-state index is 11.6. The van der Waals surface area contributed by atoms with Crippen LogP contribution in [0.4, 0.5) is 0 Å². The molecule has 0 aromatic carbocycles. The van der Waals surface area contributed by atoms with E-state index in [-0.39, 0.29) is 11.4 Å². The van der Waals surface area contributed by atoms with Crippen molar-refractivity contribution in [1.29, 1.82) is 0 Å². The second-order valence-electron chi connectivity index (χ2n) is 4.34. The van der Waals surface area contributed by atoms with E-state index in [9.17, 15) is 4.79 Å². The molecule has 0 aliphatic carbocycles. The Labute approximate surface area is 84.0 Å². The number of hydrogen-bond donors (Lipinski definition) is 1. The van der Waals surface area contributed by atoms with E-state index in [1.165, 1.54) is 0 Å². The molecular formula is C9H18N2OS. The highest BCUT2D eigenvalue weighted by molar-refractivity contribution is 8.00. The molecule has 1 rings (SSSR count). The van der Waals surface area contributed by atoms with Gasteiger partial charge in [-0.1, -0.05) is 0 Å². The third-order valence-corrected chi connectivity index (χ3v) is 3.43. The molecule has 3 nitrogen and oxygen atoms in total. The van der Waals surface area contributed by atoms with E-state index in [1.54, 1.807) is 11.8 Å². The van der Waals surface area contributed by atoms with Crippen LogP contribution in [0.5, 0.6) is 0 Å². The predicted molar refractivity (Wildman–Crippen MR) is 56.8 cm³/mol. The molecule has 1 aliphatic rings. The molecule has 1 heterocycles. The number of carbonyl (C=O) groups is 1. The van der Waals surface area contributed by atoms with Crippen molar-refractivity contribution in [1.82, 2.24) is 4.90 Å². The molecule has 0 aromatic heterocycles. The van der Waals surface area contributed by atoms with Crippen LogP contribution in [-0.2, 0) is 4.79 Å². The number of nitrogens with zero attached hydrogens (tertiary/aromatic N) is 1. The SMILES string of the molecule is CC(C)(C)N1CC(CN)SCC1=O. The number of amides is 1. The Morgan fingerprint density at radius 2 is 2.23 bits per heavy atom. The van der Waals surface area contributed by atoms with Crippen molar-refractivity contribution in [3.8, 4) is 0 Å². The van der Waals surface area contributed by atoms with Crippen LogP contribution in [0.3, 0.4) is 0 Å². The molecule has 0 saturated carbocycles. The first-order valence-electron chi connectivity index (χ1n) is 4.57. The minimum absolute atomic E-state index is 0.0640. The summed E-state index contributed by atoms with van der Waals surface area (Å²) in [6.07, 6.45) is 0. The molecule has 1 aliphatic heterocycles. The zero-order valence-electron chi connectivity index (χ0n) is 8.54. The van der Waals surface area contributed by atoms with E-state index < -0.39 is 0 Å². The van der Waals surface area contributed by atoms with Crippen molar-refractivity contribution in [3.63, 3.8) is 0 Å². The fraction of sp³-hybridized carbons (Fsp3) is 0.889. The molecule has 1 unspecified atom stereocenters. The lowest BCUT2D eigenvalue weighted by atomic mass is 10.1. The van der Waals surface area contributed by atoms with E-state index in [2.05, 4.69) is 20.8 Å². The minimum atomic E-state index is -0.0640. The van der Waals surface area contributed by atoms with E-state index in [4.69, 9.17) is 5.73 Å². The summed E-state index contributed by atoms with van der Waals surface area (Å²) in [7, 11) is 0. The predicted octanol–water partition coefficient (Wildman–Crippen LogP) is 0.688. The summed E-state index contributed by atoms with van der Waals surface area (Å²) < 4.78 is 0. The molecule has 1 atom stereocenters. The lowest BCUT2D eigenvalue weighted by Gasteiger charge is -2.41. The first-order valence-corrected chi connectivity index (χ1v) is 5.62. The van der Waals surface area contributed by atoms with Crippen LogP contribution in [-0.4, -0.2) is 40.4 Å². The normalized spacial score (nSPS) is 25.1. The van der Waals surface area contributed by atoms with Crippen molar-refractivity contribution in [3.05, 3.63) is 0 Å². The standard InChI is InChI=1S/C9H18N2OS/c1-9(2,3)11-5-7(4-10)13-6-8(11)12/h7H,4-6,10H2,1-3H3. The third-order valence-electron chi connectivity index (χ3n) is 2.20. The zero-order valence-corrected chi connectivity index (χ0v) is 9.36. The molecule has 1 fully saturated rings. The number of thioether (sulfide) groups is 1. The highest BCUT2D eigenvalue weighted by Crippen LogP contribution is 2.24. The topological polar surface area (TPSA) is 46.3 Å². The average Bonchev–Trinajstić information content (AvgIpc) is 2.03. The van der Waals surface area contributed by atoms with Gasteiger partial charge in [0, 0.05) is 23.9 Å². The van der Waals surface area contributed by atoms with Gasteiger partial charge >= 0.3 is 0 Å². The Morgan fingerprint density at radius 3 is 2.69 bits per heavy atom. The molecule has 76 valence electrons. The number of nitrogens with two attached hydrogens (primary N) is 1. The lowest BCUT2D eigenvalue weighted by molar-refractivity contribution is -0.133. The summed E-state index contributed by atoms with van der Waals surface area (Å²) in [5.41, 5.74) is 5.53. The lowest BCUT2D eigenvalue weighted by Crippen LogP contribution is -2.53. The van der Waals surface area contributed by atoms with Gasteiger partial charge in [0.25, 0.3) is 0 Å². The van der Waals surface area contributed by atoms with Crippen LogP contribution in [0.2, 0.25) is 0 Å². The number of hydrogen-bond acceptors (Lipinski definition) is 3. The van der Waals surface area contributed by atoms with Gasteiger partial charge in [-0.3, -0.25) is 4.79 Å². The summed E-state index contributed by atoms with van der Waals surface area (Å²) >= 11 is 1.67. The van der Waals surface area contributed by atoms with Crippen LogP contribution in [0.15, 0.2) is 0 Å². The summed E-state index contributed by atoms with van der Waals surface area (Å²) in [6, 6.07) is 0. The maximum atomic E-state index is 11.6. The van der Waals surface area contributed by atoms with Gasteiger partial charge < -0.3 is 10.6 Å². The molecule has 0 spiro atoms. The Bertz CT molecular complexity index is 200. The van der Waals surface area contributed by atoms with Crippen molar-refractivity contribution >= 4 is 17.7 Å². The van der Waals surface area contributed by atoms with Crippen molar-refractivity contribution in [2.75, 3.05) is 18.8 Å². The largest absolute Gasteiger partial charge is 0.336 e. The Hall–Kier alpha value is -0.220. The van der Waals surface area contributed by atoms with Gasteiger partial charge in [0.05, 0.1) is 5.75 Å². The van der Waals surface area contributed by atoms with Gasteiger partial charge in [-0.25, -0.2) is 0 Å². The second-order valence-corrected chi connectivity index (χ2v) is 5.63. The van der Waals surface area contributed by atoms with E-state index in [0.29, 0.717) is 17.5 Å². The van der Waals surface area contributed by atoms with E-state index in [1.807, 2.05) is 4.90 Å². The molecule has 4 heteroatoms. The van der Waals surface area contributed by atoms with Crippen molar-refractivity contribution in [2.45, 2.75) is 31.6 Å². The molecule has 2 N–H and O–H groups in total. The zero-order chi connectivity index (χ0) is 10.1. The molecule has 0 bridgehead atoms. The van der Waals surface area contributed by atoms with Crippen LogP contribution >= 0.6 is 11.8 Å². The van der Waals surface area contributed by atoms with E-state index >= 15 is 0 Å². The highest BCUT2D eigenvalue weighted by atomic mass is 32.2. The van der Waals surface area contributed by atoms with Gasteiger partial charge in [0.15, 0.2) is 0 Å². The van der Waals surface area contributed by atoms with Crippen LogP contribution in [0.1, 0.15) is 20.8 Å². The van der Waals surface area contributed by atoms with Crippen LogP contribution < -0.4 is 5.73 Å². The Morgan fingerprint density at radius 1 is 1.62 bits per heavy atom. The summed E-state index contributed by atoms with van der Waals surface area (Å²) in [6.45, 7) is 7.64. The van der Waals surface area contributed by atoms with Crippen LogP contribution in [0.25, 0.3) is 0 Å². The van der Waals surface area contributed by atoms with Gasteiger partial charge in [0.2, 0.25) is 5.91 Å². The van der Waals surface area contributed by atoms with Crippen molar-refractivity contribution in [2.24, 2.45) is 5.73 Å². The molecule has 1 saturated heterocycles. The Kier molecular flexibility index (Phi) is 3.24. The second kappa shape index (κ2) is 3.88. The van der Waals surface area contributed by atoms with Gasteiger partial charge in [-0.15, -0.1) is 11.8 Å². The first-order chi connectivity index (χ1) is 5.95. The van der Waals surface area contributed by atoms with E-state index in [0.717, 1.165) is 6.54 Å². The number of rotatable bonds is 1.